The molecule has 1 amide bonds. The van der Waals surface area contributed by atoms with Crippen LogP contribution in [-0.2, 0) is 9.59 Å². The summed E-state index contributed by atoms with van der Waals surface area (Å²) in [5.74, 6) is -2.44. The van der Waals surface area contributed by atoms with E-state index in [2.05, 4.69) is 5.32 Å². The molecule has 0 radical (unpaired) electrons. The third-order valence-corrected chi connectivity index (χ3v) is 5.92. The molecular weight excluding hydrogens is 426 g/mol. The van der Waals surface area contributed by atoms with E-state index in [-0.39, 0.29) is 18.0 Å². The first-order valence-corrected chi connectivity index (χ1v) is 11.0. The number of hydrogen-bond acceptors (Lipinski definition) is 3. The molecule has 0 saturated heterocycles. The number of carbonyl (C=O) groups excluding carboxylic acids is 1. The van der Waals surface area contributed by atoms with Gasteiger partial charge in [-0.25, -0.2) is 8.78 Å². The van der Waals surface area contributed by atoms with Gasteiger partial charge < -0.3 is 10.0 Å². The fourth-order valence-electron chi connectivity index (χ4n) is 4.10. The molecule has 3 rings (SSSR count). The quantitative estimate of drug-likeness (QED) is 0.628. The van der Waals surface area contributed by atoms with Crippen molar-refractivity contribution >= 4 is 17.4 Å². The molecule has 1 heterocycles. The third kappa shape index (κ3) is 5.47. The second-order valence-electron chi connectivity index (χ2n) is 9.40. The summed E-state index contributed by atoms with van der Waals surface area (Å²) < 4.78 is 28.4. The Morgan fingerprint density at radius 1 is 1.15 bits per heavy atom. The number of benzene rings is 2. The highest BCUT2D eigenvalue weighted by atomic mass is 19.1. The zero-order valence-electron chi connectivity index (χ0n) is 19.3. The van der Waals surface area contributed by atoms with E-state index in [0.29, 0.717) is 12.0 Å². The number of amides is 1. The monoisotopic (exact) mass is 456 g/mol. The molecule has 1 unspecified atom stereocenters. The molecule has 0 aliphatic carbocycles. The van der Waals surface area contributed by atoms with Crippen LogP contribution < -0.4 is 5.32 Å². The van der Waals surface area contributed by atoms with Gasteiger partial charge in [-0.1, -0.05) is 64.1 Å². The summed E-state index contributed by atoms with van der Waals surface area (Å²) in [6.45, 7) is 7.42. The Kier molecular flexibility index (Phi) is 7.32. The number of halogens is 2. The zero-order chi connectivity index (χ0) is 24.3. The van der Waals surface area contributed by atoms with E-state index in [0.717, 1.165) is 23.8 Å². The average Bonchev–Trinajstić information content (AvgIpc) is 3.20. The van der Waals surface area contributed by atoms with E-state index in [1.165, 1.54) is 0 Å². The van der Waals surface area contributed by atoms with Crippen LogP contribution in [0.1, 0.15) is 51.3 Å². The molecule has 0 bridgehead atoms. The summed E-state index contributed by atoms with van der Waals surface area (Å²) in [6.07, 6.45) is 2.09. The minimum Gasteiger partial charge on any atom is -0.480 e. The van der Waals surface area contributed by atoms with Crippen molar-refractivity contribution in [1.82, 2.24) is 10.2 Å². The number of carbonyl (C=O) groups is 2. The van der Waals surface area contributed by atoms with E-state index in [4.69, 9.17) is 0 Å². The van der Waals surface area contributed by atoms with Crippen molar-refractivity contribution in [2.24, 2.45) is 5.41 Å². The second-order valence-corrected chi connectivity index (χ2v) is 9.40. The Morgan fingerprint density at radius 2 is 1.82 bits per heavy atom. The maximum atomic E-state index is 14.5. The smallest absolute Gasteiger partial charge is 0.320 e. The van der Waals surface area contributed by atoms with Gasteiger partial charge in [-0.15, -0.1) is 0 Å². The highest BCUT2D eigenvalue weighted by Crippen LogP contribution is 2.37. The van der Waals surface area contributed by atoms with Gasteiger partial charge in [0.05, 0.1) is 12.1 Å². The Hall–Kier alpha value is -3.06. The lowest BCUT2D eigenvalue weighted by Gasteiger charge is -2.37. The molecule has 2 aromatic carbocycles. The number of hydrogen-bond donors (Lipinski definition) is 2. The topological polar surface area (TPSA) is 69.6 Å². The molecule has 1 aliphatic heterocycles. The van der Waals surface area contributed by atoms with Crippen LogP contribution >= 0.6 is 0 Å². The molecule has 0 fully saturated rings. The Bertz CT molecular complexity index is 1050. The SMILES string of the molecule is CCC(N[C@H](C(=O)N1CC(c2cc(F)ccc2F)=C[C@H]1c1ccccc1)C(C)(C)C)C(=O)O. The molecule has 5 nitrogen and oxygen atoms in total. The van der Waals surface area contributed by atoms with E-state index in [9.17, 15) is 23.5 Å². The van der Waals surface area contributed by atoms with Crippen molar-refractivity contribution in [1.29, 1.82) is 0 Å². The summed E-state index contributed by atoms with van der Waals surface area (Å²) >= 11 is 0. The predicted octanol–water partition coefficient (Wildman–Crippen LogP) is 4.80. The summed E-state index contributed by atoms with van der Waals surface area (Å²) in [5.41, 5.74) is 0.861. The van der Waals surface area contributed by atoms with Gasteiger partial charge in [0.1, 0.15) is 17.7 Å². The van der Waals surface area contributed by atoms with Gasteiger partial charge in [-0.3, -0.25) is 14.9 Å². The molecular formula is C26H30F2N2O3. The summed E-state index contributed by atoms with van der Waals surface area (Å²) in [4.78, 5) is 27.1. The minimum absolute atomic E-state index is 0.0802. The largest absolute Gasteiger partial charge is 0.480 e. The van der Waals surface area contributed by atoms with Crippen LogP contribution in [0.3, 0.4) is 0 Å². The van der Waals surface area contributed by atoms with Gasteiger partial charge in [0, 0.05) is 12.1 Å². The summed E-state index contributed by atoms with van der Waals surface area (Å²) in [7, 11) is 0. The molecule has 176 valence electrons. The fourth-order valence-corrected chi connectivity index (χ4v) is 4.10. The van der Waals surface area contributed by atoms with Gasteiger partial charge in [0.2, 0.25) is 5.91 Å². The average molecular weight is 457 g/mol. The van der Waals surface area contributed by atoms with Crippen LogP contribution in [0, 0.1) is 17.0 Å². The number of nitrogens with zero attached hydrogens (tertiary/aromatic N) is 1. The van der Waals surface area contributed by atoms with E-state index in [1.807, 2.05) is 51.1 Å². The van der Waals surface area contributed by atoms with Crippen molar-refractivity contribution in [3.05, 3.63) is 77.4 Å². The molecule has 3 atom stereocenters. The molecule has 33 heavy (non-hydrogen) atoms. The lowest BCUT2D eigenvalue weighted by Crippen LogP contribution is -2.57. The molecule has 2 aromatic rings. The zero-order valence-corrected chi connectivity index (χ0v) is 19.3. The normalized spacial score (nSPS) is 18.1. The van der Waals surface area contributed by atoms with Crippen LogP contribution in [0.5, 0.6) is 0 Å². The van der Waals surface area contributed by atoms with Gasteiger partial charge in [-0.05, 0) is 41.2 Å². The van der Waals surface area contributed by atoms with E-state index in [1.54, 1.807) is 17.9 Å². The molecule has 0 aromatic heterocycles. The van der Waals surface area contributed by atoms with Crippen molar-refractivity contribution in [2.45, 2.75) is 52.2 Å². The number of nitrogens with one attached hydrogen (secondary N) is 1. The van der Waals surface area contributed by atoms with Gasteiger partial charge in [0.15, 0.2) is 0 Å². The van der Waals surface area contributed by atoms with Crippen LogP contribution in [-0.4, -0.2) is 40.5 Å². The Labute approximate surface area is 193 Å². The van der Waals surface area contributed by atoms with Gasteiger partial charge in [0.25, 0.3) is 0 Å². The lowest BCUT2D eigenvalue weighted by molar-refractivity contribution is -0.142. The first-order valence-electron chi connectivity index (χ1n) is 11.0. The van der Waals surface area contributed by atoms with Crippen LogP contribution in [0.15, 0.2) is 54.6 Å². The van der Waals surface area contributed by atoms with Gasteiger partial charge >= 0.3 is 5.97 Å². The number of rotatable bonds is 7. The molecule has 0 spiro atoms. The Balaban J connectivity index is 2.02. The minimum atomic E-state index is -1.03. The van der Waals surface area contributed by atoms with Crippen LogP contribution in [0.4, 0.5) is 8.78 Å². The van der Waals surface area contributed by atoms with Gasteiger partial charge in [-0.2, -0.15) is 0 Å². The number of carboxylic acids is 1. The summed E-state index contributed by atoms with van der Waals surface area (Å²) in [6, 6.07) is 10.4. The van der Waals surface area contributed by atoms with Crippen molar-refractivity contribution in [2.75, 3.05) is 6.54 Å². The van der Waals surface area contributed by atoms with Crippen LogP contribution in [0.2, 0.25) is 0 Å². The molecule has 2 N–H and O–H groups in total. The van der Waals surface area contributed by atoms with Crippen molar-refractivity contribution in [3.8, 4) is 0 Å². The van der Waals surface area contributed by atoms with Crippen LogP contribution in [0.25, 0.3) is 5.57 Å². The number of aliphatic carboxylic acids is 1. The lowest BCUT2D eigenvalue weighted by atomic mass is 9.84. The number of carboxylic acid groups (broad SMARTS) is 1. The maximum Gasteiger partial charge on any atom is 0.320 e. The highest BCUT2D eigenvalue weighted by molar-refractivity contribution is 5.88. The maximum absolute atomic E-state index is 14.5. The second kappa shape index (κ2) is 9.83. The molecule has 0 saturated carbocycles. The highest BCUT2D eigenvalue weighted by Gasteiger charge is 2.41. The predicted molar refractivity (Wildman–Crippen MR) is 123 cm³/mol. The van der Waals surface area contributed by atoms with Crippen molar-refractivity contribution < 1.29 is 23.5 Å². The first-order chi connectivity index (χ1) is 15.5. The fraction of sp³-hybridized carbons (Fsp3) is 0.385. The van der Waals surface area contributed by atoms with Crippen molar-refractivity contribution in [3.63, 3.8) is 0 Å². The standard InChI is InChI=1S/C26H30F2N2O3/c1-5-21(25(32)33)29-23(26(2,3)4)24(31)30-15-17(19-14-18(27)11-12-20(19)28)13-22(30)16-9-7-6-8-10-16/h6-14,21-23,29H,5,15H2,1-4H3,(H,32,33)/t21?,22-,23+/m0/s1. The first kappa shape index (κ1) is 24.6. The van der Waals surface area contributed by atoms with E-state index < -0.39 is 41.1 Å². The van der Waals surface area contributed by atoms with E-state index >= 15 is 0 Å². The Morgan fingerprint density at radius 3 is 2.39 bits per heavy atom. The third-order valence-electron chi connectivity index (χ3n) is 5.92. The molecule has 1 aliphatic rings. The summed E-state index contributed by atoms with van der Waals surface area (Å²) in [5, 5.41) is 12.6. The molecule has 7 heteroatoms.